The molecule has 1 fully saturated rings. The van der Waals surface area contributed by atoms with Gasteiger partial charge in [0.25, 0.3) is 0 Å². The summed E-state index contributed by atoms with van der Waals surface area (Å²) in [6, 6.07) is 23.9. The first-order chi connectivity index (χ1) is 26.1. The molecule has 12 heteroatoms. The van der Waals surface area contributed by atoms with E-state index in [2.05, 4.69) is 28.6 Å². The number of hydrogen-bond acceptors (Lipinski definition) is 9. The van der Waals surface area contributed by atoms with Gasteiger partial charge in [0, 0.05) is 36.8 Å². The number of aryl methyl sites for hydroxylation is 1. The Morgan fingerprint density at radius 1 is 1.04 bits per heavy atom. The quantitative estimate of drug-likeness (QED) is 0.0652. The van der Waals surface area contributed by atoms with E-state index >= 15 is 0 Å². The van der Waals surface area contributed by atoms with E-state index < -0.39 is 23.2 Å². The monoisotopic (exact) mass is 734 g/mol. The van der Waals surface area contributed by atoms with Crippen LogP contribution in [-0.2, 0) is 28.1 Å². The maximum Gasteiger partial charge on any atom is 0.419 e. The molecule has 5 N–H and O–H groups in total. The molecule has 7 rings (SSSR count). The molecule has 1 aromatic heterocycles. The Kier molecular flexibility index (Phi) is 10.6. The third-order valence-corrected chi connectivity index (χ3v) is 11.3. The van der Waals surface area contributed by atoms with Crippen molar-refractivity contribution in [3.63, 3.8) is 0 Å². The summed E-state index contributed by atoms with van der Waals surface area (Å²) in [7, 11) is 2.14. The standard InChI is InChI=1S/C42H46N4O8/c1-42(40(50)51)31-8-3-4-9-36(31)53-37-10-5-7-30(39(37)42)27-12-15-29(16-13-27)45(2)19-6-20-46-33-17-11-26(21-38(33)54-41(46)52)23-43-24-35(49)28-14-18-34(48)32(22-28)44-25-47/h3-5,7-11,14,17-18,21-22,25,27,29,35,43,48-49H,6,12-13,15-16,19-20,23-24H2,1-2H3,(H,44,47)(H,50,51)/t27?,29?,35-,42?/m0/s1. The molecule has 0 spiro atoms. The fourth-order valence-electron chi connectivity index (χ4n) is 8.28. The van der Waals surface area contributed by atoms with Gasteiger partial charge in [-0.05, 0) is 112 Å². The van der Waals surface area contributed by atoms with E-state index in [-0.39, 0.29) is 23.9 Å². The number of carbonyl (C=O) groups is 2. The topological polar surface area (TPSA) is 166 Å². The number of para-hydroxylation sites is 1. The van der Waals surface area contributed by atoms with Crippen molar-refractivity contribution in [2.45, 2.75) is 75.6 Å². The minimum absolute atomic E-state index is 0.0860. The number of aromatic nitrogens is 1. The number of phenols is 1. The highest BCUT2D eigenvalue weighted by Crippen LogP contribution is 2.52. The lowest BCUT2D eigenvalue weighted by atomic mass is 9.68. The molecule has 54 heavy (non-hydrogen) atoms. The Hall–Kier alpha value is -5.43. The van der Waals surface area contributed by atoms with Gasteiger partial charge < -0.3 is 40.0 Å². The maximum atomic E-state index is 12.9. The summed E-state index contributed by atoms with van der Waals surface area (Å²) >= 11 is 0. The molecular formula is C42H46N4O8. The largest absolute Gasteiger partial charge is 0.506 e. The zero-order valence-electron chi connectivity index (χ0n) is 30.5. The predicted molar refractivity (Wildman–Crippen MR) is 204 cm³/mol. The van der Waals surface area contributed by atoms with Crippen molar-refractivity contribution in [3.8, 4) is 17.2 Å². The van der Waals surface area contributed by atoms with Crippen molar-refractivity contribution in [2.24, 2.45) is 0 Å². The van der Waals surface area contributed by atoms with E-state index in [1.165, 1.54) is 12.1 Å². The van der Waals surface area contributed by atoms with Crippen molar-refractivity contribution >= 4 is 29.2 Å². The van der Waals surface area contributed by atoms with E-state index in [1.54, 1.807) is 17.6 Å². The number of aliphatic carboxylic acids is 1. The van der Waals surface area contributed by atoms with E-state index in [1.807, 2.05) is 54.6 Å². The summed E-state index contributed by atoms with van der Waals surface area (Å²) in [5, 5.41) is 36.6. The van der Waals surface area contributed by atoms with E-state index in [9.17, 15) is 29.7 Å². The van der Waals surface area contributed by atoms with Gasteiger partial charge in [0.05, 0.1) is 17.3 Å². The first-order valence-electron chi connectivity index (χ1n) is 18.5. The van der Waals surface area contributed by atoms with Crippen LogP contribution in [0.1, 0.15) is 78.9 Å². The molecule has 2 heterocycles. The van der Waals surface area contributed by atoms with Crippen LogP contribution < -0.4 is 21.1 Å². The lowest BCUT2D eigenvalue weighted by Crippen LogP contribution is -2.39. The number of aliphatic hydroxyl groups excluding tert-OH is 1. The highest BCUT2D eigenvalue weighted by Gasteiger charge is 2.47. The van der Waals surface area contributed by atoms with Crippen molar-refractivity contribution in [3.05, 3.63) is 117 Å². The molecule has 1 unspecified atom stereocenters. The summed E-state index contributed by atoms with van der Waals surface area (Å²) < 4.78 is 13.5. The molecule has 5 aromatic rings. The predicted octanol–water partition coefficient (Wildman–Crippen LogP) is 6.24. The number of ether oxygens (including phenoxy) is 1. The first kappa shape index (κ1) is 36.9. The van der Waals surface area contributed by atoms with Crippen LogP contribution in [0.3, 0.4) is 0 Å². The van der Waals surface area contributed by atoms with Gasteiger partial charge in [-0.25, -0.2) is 4.79 Å². The average Bonchev–Trinajstić information content (AvgIpc) is 3.49. The van der Waals surface area contributed by atoms with Gasteiger partial charge in [0.2, 0.25) is 6.41 Å². The molecule has 1 amide bonds. The first-order valence-corrected chi connectivity index (χ1v) is 18.5. The second-order valence-corrected chi connectivity index (χ2v) is 14.6. The average molecular weight is 735 g/mol. The summed E-state index contributed by atoms with van der Waals surface area (Å²) in [4.78, 5) is 38.9. The number of nitrogens with zero attached hydrogens (tertiary/aromatic N) is 2. The van der Waals surface area contributed by atoms with Gasteiger partial charge in [0.1, 0.15) is 22.7 Å². The van der Waals surface area contributed by atoms with Gasteiger partial charge >= 0.3 is 11.7 Å². The number of oxazole rings is 1. The molecule has 2 aliphatic rings. The van der Waals surface area contributed by atoms with Crippen molar-refractivity contribution < 1.29 is 34.1 Å². The minimum atomic E-state index is -1.20. The molecule has 12 nitrogen and oxygen atoms in total. The van der Waals surface area contributed by atoms with Crippen LogP contribution in [0.5, 0.6) is 17.2 Å². The third-order valence-electron chi connectivity index (χ3n) is 11.3. The number of fused-ring (bicyclic) bond motifs is 3. The molecular weight excluding hydrogens is 688 g/mol. The Labute approximate surface area is 313 Å². The van der Waals surface area contributed by atoms with Crippen molar-refractivity contribution in [1.29, 1.82) is 0 Å². The normalized spacial score (nSPS) is 19.9. The fraction of sp³-hybridized carbons (Fsp3) is 0.357. The number of amides is 1. The number of carboxylic acid groups (broad SMARTS) is 1. The fourth-order valence-corrected chi connectivity index (χ4v) is 8.28. The summed E-state index contributed by atoms with van der Waals surface area (Å²) in [6.07, 6.45) is 4.23. The van der Waals surface area contributed by atoms with E-state index in [4.69, 9.17) is 9.15 Å². The smallest absolute Gasteiger partial charge is 0.419 e. The van der Waals surface area contributed by atoms with Gasteiger partial charge in [0.15, 0.2) is 5.58 Å². The lowest BCUT2D eigenvalue weighted by molar-refractivity contribution is -0.141. The maximum absolute atomic E-state index is 12.9. The minimum Gasteiger partial charge on any atom is -0.506 e. The van der Waals surface area contributed by atoms with Crippen LogP contribution in [0.15, 0.2) is 88.1 Å². The summed E-state index contributed by atoms with van der Waals surface area (Å²) in [6.45, 7) is 3.79. The number of nitrogens with one attached hydrogen (secondary N) is 2. The van der Waals surface area contributed by atoms with Crippen LogP contribution >= 0.6 is 0 Å². The summed E-state index contributed by atoms with van der Waals surface area (Å²) in [5.74, 6) is 0.0813. The van der Waals surface area contributed by atoms with Gasteiger partial charge in [-0.1, -0.05) is 42.5 Å². The highest BCUT2D eigenvalue weighted by molar-refractivity contribution is 5.89. The van der Waals surface area contributed by atoms with E-state index in [0.29, 0.717) is 53.8 Å². The molecule has 2 atom stereocenters. The number of carboxylic acids is 1. The zero-order chi connectivity index (χ0) is 38.0. The van der Waals surface area contributed by atoms with Crippen LogP contribution in [0.25, 0.3) is 11.1 Å². The van der Waals surface area contributed by atoms with Crippen LogP contribution in [0.2, 0.25) is 0 Å². The third kappa shape index (κ3) is 7.12. The molecule has 0 saturated heterocycles. The highest BCUT2D eigenvalue weighted by atomic mass is 16.5. The number of aromatic hydroxyl groups is 1. The van der Waals surface area contributed by atoms with Crippen LogP contribution in [-0.4, -0.2) is 63.3 Å². The molecule has 1 aliphatic carbocycles. The molecule has 282 valence electrons. The second kappa shape index (κ2) is 15.5. The number of hydrogen-bond donors (Lipinski definition) is 5. The zero-order valence-corrected chi connectivity index (χ0v) is 30.5. The molecule has 0 bridgehead atoms. The molecule has 1 aliphatic heterocycles. The number of benzene rings is 4. The molecule has 0 radical (unpaired) electrons. The van der Waals surface area contributed by atoms with Crippen LogP contribution in [0.4, 0.5) is 5.69 Å². The van der Waals surface area contributed by atoms with Crippen LogP contribution in [0, 0.1) is 0 Å². The Morgan fingerprint density at radius 2 is 1.81 bits per heavy atom. The number of anilines is 1. The SMILES string of the molecule is CN(CCCn1c(=O)oc2cc(CNC[C@H](O)c3ccc(O)c(NC=O)c3)ccc21)C1CCC(c2cccc3c2C(C)(C(=O)O)c2ccccc2O3)CC1. The second-order valence-electron chi connectivity index (χ2n) is 14.6. The van der Waals surface area contributed by atoms with E-state index in [0.717, 1.165) is 60.9 Å². The Morgan fingerprint density at radius 3 is 2.59 bits per heavy atom. The lowest BCUT2D eigenvalue weighted by Gasteiger charge is -2.39. The Bertz CT molecular complexity index is 2220. The van der Waals surface area contributed by atoms with Gasteiger partial charge in [-0.3, -0.25) is 14.2 Å². The van der Waals surface area contributed by atoms with Crippen molar-refractivity contribution in [1.82, 2.24) is 14.8 Å². The van der Waals surface area contributed by atoms with Gasteiger partial charge in [-0.15, -0.1) is 0 Å². The number of phenolic OH excluding ortho intramolecular Hbond substituents is 1. The Balaban J connectivity index is 0.921. The number of rotatable bonds is 14. The molecule has 4 aromatic carbocycles. The molecule has 1 saturated carbocycles. The van der Waals surface area contributed by atoms with Crippen molar-refractivity contribution in [2.75, 3.05) is 25.5 Å². The van der Waals surface area contributed by atoms with Gasteiger partial charge in [-0.2, -0.15) is 0 Å². The number of carbonyl (C=O) groups excluding carboxylic acids is 1. The summed E-state index contributed by atoms with van der Waals surface area (Å²) in [5.41, 5.74) is 4.19. The number of aliphatic hydroxyl groups is 1.